The molecule has 0 amide bonds. The molecule has 1 aliphatic carbocycles. The maximum Gasteiger partial charge on any atom is 0.120 e. The fourth-order valence-corrected chi connectivity index (χ4v) is 3.48. The van der Waals surface area contributed by atoms with Crippen molar-refractivity contribution in [2.75, 3.05) is 13.1 Å². The Balaban J connectivity index is 1.75. The largest absolute Gasteiger partial charge is 0.316 e. The minimum Gasteiger partial charge on any atom is -0.316 e. The van der Waals surface area contributed by atoms with Gasteiger partial charge in [0.25, 0.3) is 0 Å². The zero-order chi connectivity index (χ0) is 12.8. The predicted octanol–water partition coefficient (Wildman–Crippen LogP) is 3.37. The zero-order valence-electron chi connectivity index (χ0n) is 11.6. The van der Waals surface area contributed by atoms with Gasteiger partial charge in [-0.15, -0.1) is 21.5 Å². The molecule has 1 saturated carbocycles. The third kappa shape index (κ3) is 4.32. The average Bonchev–Trinajstić information content (AvgIpc) is 2.84. The molecule has 1 aromatic heterocycles. The molecule has 1 heterocycles. The monoisotopic (exact) mass is 267 g/mol. The molecule has 1 fully saturated rings. The maximum atomic E-state index is 4.39. The normalized spacial score (nSPS) is 17.5. The highest BCUT2D eigenvalue weighted by molar-refractivity contribution is 7.11. The lowest BCUT2D eigenvalue weighted by Gasteiger charge is -2.18. The molecule has 0 bridgehead atoms. The summed E-state index contributed by atoms with van der Waals surface area (Å²) in [6, 6.07) is 0. The molecule has 1 N–H and O–H groups in total. The molecule has 0 atom stereocenters. The van der Waals surface area contributed by atoms with Crippen LogP contribution >= 0.6 is 11.3 Å². The molecular weight excluding hydrogens is 242 g/mol. The summed E-state index contributed by atoms with van der Waals surface area (Å²) in [7, 11) is 0. The number of rotatable bonds is 6. The summed E-state index contributed by atoms with van der Waals surface area (Å²) in [5.41, 5.74) is 0. The van der Waals surface area contributed by atoms with Crippen LogP contribution in [0.15, 0.2) is 0 Å². The summed E-state index contributed by atoms with van der Waals surface area (Å²) in [5, 5.41) is 14.7. The fraction of sp³-hybridized carbons (Fsp3) is 0.857. The highest BCUT2D eigenvalue weighted by Crippen LogP contribution is 2.33. The Morgan fingerprint density at radius 2 is 2.00 bits per heavy atom. The minimum absolute atomic E-state index is 0.702. The average molecular weight is 267 g/mol. The SMILES string of the molecule is CC(C)CNCCc1nnc(C2CCCCC2)s1. The summed E-state index contributed by atoms with van der Waals surface area (Å²) in [5.74, 6) is 1.42. The highest BCUT2D eigenvalue weighted by Gasteiger charge is 2.19. The second kappa shape index (κ2) is 7.19. The van der Waals surface area contributed by atoms with Crippen LogP contribution in [0.25, 0.3) is 0 Å². The Morgan fingerprint density at radius 1 is 1.22 bits per heavy atom. The van der Waals surface area contributed by atoms with Gasteiger partial charge in [-0.05, 0) is 25.3 Å². The molecule has 1 aromatic rings. The van der Waals surface area contributed by atoms with Gasteiger partial charge in [-0.2, -0.15) is 0 Å². The van der Waals surface area contributed by atoms with Crippen LogP contribution in [0.1, 0.15) is 61.9 Å². The quantitative estimate of drug-likeness (QED) is 0.803. The van der Waals surface area contributed by atoms with Crippen molar-refractivity contribution < 1.29 is 0 Å². The topological polar surface area (TPSA) is 37.8 Å². The van der Waals surface area contributed by atoms with E-state index >= 15 is 0 Å². The van der Waals surface area contributed by atoms with Crippen molar-refractivity contribution in [2.24, 2.45) is 5.92 Å². The van der Waals surface area contributed by atoms with Gasteiger partial charge >= 0.3 is 0 Å². The van der Waals surface area contributed by atoms with E-state index in [2.05, 4.69) is 29.4 Å². The molecule has 4 heteroatoms. The van der Waals surface area contributed by atoms with E-state index in [9.17, 15) is 0 Å². The van der Waals surface area contributed by atoms with E-state index < -0.39 is 0 Å². The number of nitrogens with zero attached hydrogens (tertiary/aromatic N) is 2. The first-order valence-corrected chi connectivity index (χ1v) is 8.10. The van der Waals surface area contributed by atoms with E-state index in [4.69, 9.17) is 0 Å². The van der Waals surface area contributed by atoms with Gasteiger partial charge in [-0.3, -0.25) is 0 Å². The third-order valence-corrected chi connectivity index (χ3v) is 4.65. The summed E-state index contributed by atoms with van der Waals surface area (Å²) in [4.78, 5) is 0. The van der Waals surface area contributed by atoms with E-state index in [1.165, 1.54) is 42.1 Å². The Hall–Kier alpha value is -0.480. The lowest BCUT2D eigenvalue weighted by atomic mass is 9.90. The Morgan fingerprint density at radius 3 is 2.72 bits per heavy atom. The second-order valence-corrected chi connectivity index (χ2v) is 6.81. The second-order valence-electron chi connectivity index (χ2n) is 5.72. The van der Waals surface area contributed by atoms with Crippen LogP contribution in [0.2, 0.25) is 0 Å². The van der Waals surface area contributed by atoms with Gasteiger partial charge in [0, 0.05) is 18.9 Å². The Bertz CT molecular complexity index is 343. The van der Waals surface area contributed by atoms with E-state index in [-0.39, 0.29) is 0 Å². The van der Waals surface area contributed by atoms with Crippen molar-refractivity contribution in [1.29, 1.82) is 0 Å². The van der Waals surface area contributed by atoms with Crippen LogP contribution in [0.4, 0.5) is 0 Å². The molecule has 0 aliphatic heterocycles. The summed E-state index contributed by atoms with van der Waals surface area (Å²) in [6.07, 6.45) is 7.81. The van der Waals surface area contributed by atoms with Crippen LogP contribution < -0.4 is 5.32 Å². The molecule has 0 radical (unpaired) electrons. The Labute approximate surface area is 114 Å². The van der Waals surface area contributed by atoms with Crippen LogP contribution in [0, 0.1) is 5.92 Å². The van der Waals surface area contributed by atoms with Crippen LogP contribution in [0.5, 0.6) is 0 Å². The van der Waals surface area contributed by atoms with E-state index in [1.54, 1.807) is 0 Å². The minimum atomic E-state index is 0.702. The number of aromatic nitrogens is 2. The van der Waals surface area contributed by atoms with Gasteiger partial charge in [0.1, 0.15) is 10.0 Å². The Kier molecular flexibility index (Phi) is 5.57. The first kappa shape index (κ1) is 13.9. The van der Waals surface area contributed by atoms with E-state index in [1.807, 2.05) is 11.3 Å². The van der Waals surface area contributed by atoms with E-state index in [0.717, 1.165) is 25.4 Å². The highest BCUT2D eigenvalue weighted by atomic mass is 32.1. The third-order valence-electron chi connectivity index (χ3n) is 3.51. The number of nitrogens with one attached hydrogen (secondary N) is 1. The number of hydrogen-bond acceptors (Lipinski definition) is 4. The van der Waals surface area contributed by atoms with Crippen molar-refractivity contribution in [3.63, 3.8) is 0 Å². The van der Waals surface area contributed by atoms with Crippen LogP contribution in [-0.2, 0) is 6.42 Å². The smallest absolute Gasteiger partial charge is 0.120 e. The molecule has 1 aliphatic rings. The number of hydrogen-bond donors (Lipinski definition) is 1. The summed E-state index contributed by atoms with van der Waals surface area (Å²) in [6.45, 7) is 6.59. The van der Waals surface area contributed by atoms with Gasteiger partial charge in [0.15, 0.2) is 0 Å². The van der Waals surface area contributed by atoms with Gasteiger partial charge in [0.05, 0.1) is 0 Å². The van der Waals surface area contributed by atoms with Gasteiger partial charge in [-0.1, -0.05) is 33.1 Å². The molecule has 0 saturated heterocycles. The molecule has 102 valence electrons. The van der Waals surface area contributed by atoms with Crippen molar-refractivity contribution in [1.82, 2.24) is 15.5 Å². The summed E-state index contributed by atoms with van der Waals surface area (Å²) >= 11 is 1.84. The van der Waals surface area contributed by atoms with E-state index in [0.29, 0.717) is 5.92 Å². The molecule has 2 rings (SSSR count). The zero-order valence-corrected chi connectivity index (χ0v) is 12.4. The van der Waals surface area contributed by atoms with Crippen molar-refractivity contribution >= 4 is 11.3 Å². The van der Waals surface area contributed by atoms with Gasteiger partial charge < -0.3 is 5.32 Å². The van der Waals surface area contributed by atoms with Gasteiger partial charge in [-0.25, -0.2) is 0 Å². The first-order valence-electron chi connectivity index (χ1n) is 7.28. The molecule has 3 nitrogen and oxygen atoms in total. The molecule has 0 aromatic carbocycles. The molecule has 0 spiro atoms. The lowest BCUT2D eigenvalue weighted by molar-refractivity contribution is 0.440. The maximum absolute atomic E-state index is 4.39. The van der Waals surface area contributed by atoms with Crippen molar-refractivity contribution in [3.8, 4) is 0 Å². The lowest BCUT2D eigenvalue weighted by Crippen LogP contribution is -2.22. The van der Waals surface area contributed by atoms with Gasteiger partial charge in [0.2, 0.25) is 0 Å². The standard InChI is InChI=1S/C14H25N3S/c1-11(2)10-15-9-8-13-16-17-14(18-13)12-6-4-3-5-7-12/h11-12,15H,3-10H2,1-2H3. The molecule has 0 unspecified atom stereocenters. The fourth-order valence-electron chi connectivity index (χ4n) is 2.47. The first-order chi connectivity index (χ1) is 8.75. The predicted molar refractivity (Wildman–Crippen MR) is 77.1 cm³/mol. The molecule has 18 heavy (non-hydrogen) atoms. The van der Waals surface area contributed by atoms with Crippen LogP contribution in [0.3, 0.4) is 0 Å². The van der Waals surface area contributed by atoms with Crippen molar-refractivity contribution in [2.45, 2.75) is 58.3 Å². The molecular formula is C14H25N3S. The summed E-state index contributed by atoms with van der Waals surface area (Å²) < 4.78 is 0. The van der Waals surface area contributed by atoms with Crippen molar-refractivity contribution in [3.05, 3.63) is 10.0 Å². The van der Waals surface area contributed by atoms with Crippen LogP contribution in [-0.4, -0.2) is 23.3 Å².